The lowest BCUT2D eigenvalue weighted by atomic mass is 10.1. The third-order valence-corrected chi connectivity index (χ3v) is 2.99. The van der Waals surface area contributed by atoms with E-state index in [-0.39, 0.29) is 0 Å². The summed E-state index contributed by atoms with van der Waals surface area (Å²) in [5.74, 6) is 2.41. The van der Waals surface area contributed by atoms with Gasteiger partial charge in [-0.3, -0.25) is 0 Å². The summed E-state index contributed by atoms with van der Waals surface area (Å²) in [5, 5.41) is 3.46. The average molecular weight is 265 g/mol. The topological polar surface area (TPSA) is 30.5 Å². The molecule has 0 aromatic heterocycles. The normalized spacial score (nSPS) is 10.8. The highest BCUT2D eigenvalue weighted by atomic mass is 16.5. The van der Waals surface area contributed by atoms with Crippen LogP contribution in [0.1, 0.15) is 39.2 Å². The lowest BCUT2D eigenvalue weighted by Crippen LogP contribution is -2.15. The first-order chi connectivity index (χ1) is 9.17. The quantitative estimate of drug-likeness (QED) is 0.692. The first-order valence-corrected chi connectivity index (χ1v) is 7.17. The van der Waals surface area contributed by atoms with Crippen LogP contribution in [0.4, 0.5) is 0 Å². The van der Waals surface area contributed by atoms with Crippen molar-refractivity contribution in [2.75, 3.05) is 20.3 Å². The largest absolute Gasteiger partial charge is 0.493 e. The first-order valence-electron chi connectivity index (χ1n) is 7.17. The summed E-state index contributed by atoms with van der Waals surface area (Å²) in [6.07, 6.45) is 2.51. The van der Waals surface area contributed by atoms with Gasteiger partial charge in [-0.15, -0.1) is 0 Å². The van der Waals surface area contributed by atoms with Crippen molar-refractivity contribution >= 4 is 0 Å². The number of rotatable bonds is 9. The molecule has 108 valence electrons. The van der Waals surface area contributed by atoms with E-state index >= 15 is 0 Å². The van der Waals surface area contributed by atoms with E-state index in [0.29, 0.717) is 6.61 Å². The van der Waals surface area contributed by atoms with Crippen LogP contribution in [0.15, 0.2) is 18.2 Å². The van der Waals surface area contributed by atoms with E-state index < -0.39 is 0 Å². The van der Waals surface area contributed by atoms with Gasteiger partial charge in [0.25, 0.3) is 0 Å². The summed E-state index contributed by atoms with van der Waals surface area (Å²) in [4.78, 5) is 0. The van der Waals surface area contributed by atoms with Gasteiger partial charge in [-0.2, -0.15) is 0 Å². The fourth-order valence-electron chi connectivity index (χ4n) is 1.96. The predicted octanol–water partition coefficient (Wildman–Crippen LogP) is 3.62. The second kappa shape index (κ2) is 8.81. The van der Waals surface area contributed by atoms with Gasteiger partial charge in [0.1, 0.15) is 0 Å². The summed E-state index contributed by atoms with van der Waals surface area (Å²) in [6, 6.07) is 6.11. The van der Waals surface area contributed by atoms with Crippen molar-refractivity contribution in [3.8, 4) is 11.5 Å². The van der Waals surface area contributed by atoms with E-state index in [1.165, 1.54) is 18.4 Å². The van der Waals surface area contributed by atoms with Crippen molar-refractivity contribution in [1.82, 2.24) is 5.32 Å². The van der Waals surface area contributed by atoms with Crippen molar-refractivity contribution in [1.29, 1.82) is 0 Å². The smallest absolute Gasteiger partial charge is 0.161 e. The Morgan fingerprint density at radius 2 is 2.00 bits per heavy atom. The Morgan fingerprint density at radius 1 is 1.21 bits per heavy atom. The Labute approximate surface area is 117 Å². The van der Waals surface area contributed by atoms with E-state index in [1.54, 1.807) is 7.11 Å². The maximum atomic E-state index is 5.51. The summed E-state index contributed by atoms with van der Waals surface area (Å²) < 4.78 is 10.9. The molecule has 0 heterocycles. The molecular weight excluding hydrogens is 238 g/mol. The van der Waals surface area contributed by atoms with Crippen molar-refractivity contribution in [3.63, 3.8) is 0 Å². The van der Waals surface area contributed by atoms with Gasteiger partial charge in [0.2, 0.25) is 0 Å². The van der Waals surface area contributed by atoms with Gasteiger partial charge in [-0.25, -0.2) is 0 Å². The van der Waals surface area contributed by atoms with Gasteiger partial charge in [-0.1, -0.05) is 19.9 Å². The molecule has 1 aromatic rings. The van der Waals surface area contributed by atoms with Crippen LogP contribution < -0.4 is 14.8 Å². The van der Waals surface area contributed by atoms with Gasteiger partial charge in [0.15, 0.2) is 11.5 Å². The minimum absolute atomic E-state index is 0.656. The van der Waals surface area contributed by atoms with Crippen LogP contribution in [-0.2, 0) is 6.54 Å². The van der Waals surface area contributed by atoms with Gasteiger partial charge >= 0.3 is 0 Å². The molecule has 1 N–H and O–H groups in total. The minimum atomic E-state index is 0.656. The highest BCUT2D eigenvalue weighted by Crippen LogP contribution is 2.27. The first kappa shape index (κ1) is 15.8. The molecule has 0 radical (unpaired) electrons. The molecule has 0 atom stereocenters. The van der Waals surface area contributed by atoms with Crippen molar-refractivity contribution in [2.45, 2.75) is 40.2 Å². The van der Waals surface area contributed by atoms with Crippen LogP contribution in [0.3, 0.4) is 0 Å². The van der Waals surface area contributed by atoms with Crippen LogP contribution in [0, 0.1) is 5.92 Å². The summed E-state index contributed by atoms with van der Waals surface area (Å²) in [6.45, 7) is 9.09. The average Bonchev–Trinajstić information content (AvgIpc) is 2.39. The van der Waals surface area contributed by atoms with Crippen molar-refractivity contribution < 1.29 is 9.47 Å². The van der Waals surface area contributed by atoms with Gasteiger partial charge in [0.05, 0.1) is 13.7 Å². The van der Waals surface area contributed by atoms with Crippen LogP contribution in [0.25, 0.3) is 0 Å². The Morgan fingerprint density at radius 3 is 2.63 bits per heavy atom. The van der Waals surface area contributed by atoms with E-state index in [2.05, 4.69) is 25.2 Å². The fraction of sp³-hybridized carbons (Fsp3) is 0.625. The maximum Gasteiger partial charge on any atom is 0.161 e. The number of methoxy groups -OCH3 is 1. The Kier molecular flexibility index (Phi) is 7.34. The number of hydrogen-bond donors (Lipinski definition) is 1. The molecule has 0 fully saturated rings. The molecule has 1 rings (SSSR count). The van der Waals surface area contributed by atoms with Crippen LogP contribution >= 0.6 is 0 Å². The van der Waals surface area contributed by atoms with E-state index in [0.717, 1.165) is 30.5 Å². The van der Waals surface area contributed by atoms with Crippen LogP contribution in [-0.4, -0.2) is 20.3 Å². The number of hydrogen-bond acceptors (Lipinski definition) is 3. The van der Waals surface area contributed by atoms with Crippen molar-refractivity contribution in [3.05, 3.63) is 23.8 Å². The molecule has 3 heteroatoms. The Balaban J connectivity index is 2.41. The maximum absolute atomic E-state index is 5.51. The number of nitrogens with one attached hydrogen (secondary N) is 1. The lowest BCUT2D eigenvalue weighted by Gasteiger charge is -2.11. The number of benzene rings is 1. The molecule has 0 spiro atoms. The summed E-state index contributed by atoms with van der Waals surface area (Å²) in [7, 11) is 1.68. The molecule has 0 aliphatic heterocycles. The third kappa shape index (κ3) is 5.97. The molecule has 1 aromatic carbocycles. The Bertz CT molecular complexity index is 364. The van der Waals surface area contributed by atoms with Crippen molar-refractivity contribution in [2.24, 2.45) is 5.92 Å². The van der Waals surface area contributed by atoms with Crippen LogP contribution in [0.2, 0.25) is 0 Å². The second-order valence-corrected chi connectivity index (χ2v) is 5.13. The van der Waals surface area contributed by atoms with Gasteiger partial charge in [0, 0.05) is 6.54 Å². The minimum Gasteiger partial charge on any atom is -0.493 e. The molecule has 0 aliphatic carbocycles. The zero-order valence-electron chi connectivity index (χ0n) is 12.7. The second-order valence-electron chi connectivity index (χ2n) is 5.13. The molecule has 0 saturated carbocycles. The standard InChI is InChI=1S/C16H27NO2/c1-5-19-15-9-8-14(11-16(15)18-4)12-17-10-6-7-13(2)3/h8-9,11,13,17H,5-7,10,12H2,1-4H3. The SMILES string of the molecule is CCOc1ccc(CNCCCC(C)C)cc1OC. The third-order valence-electron chi connectivity index (χ3n) is 2.99. The highest BCUT2D eigenvalue weighted by Gasteiger charge is 2.04. The summed E-state index contributed by atoms with van der Waals surface area (Å²) in [5.41, 5.74) is 1.23. The molecule has 0 saturated heterocycles. The molecule has 0 amide bonds. The molecular formula is C16H27NO2. The zero-order chi connectivity index (χ0) is 14.1. The fourth-order valence-corrected chi connectivity index (χ4v) is 1.96. The van der Waals surface area contributed by atoms with E-state index in [1.807, 2.05) is 19.1 Å². The monoisotopic (exact) mass is 265 g/mol. The van der Waals surface area contributed by atoms with Crippen LogP contribution in [0.5, 0.6) is 11.5 Å². The molecule has 0 unspecified atom stereocenters. The molecule has 3 nitrogen and oxygen atoms in total. The molecule has 0 bridgehead atoms. The summed E-state index contributed by atoms with van der Waals surface area (Å²) >= 11 is 0. The van der Waals surface area contributed by atoms with Gasteiger partial charge in [-0.05, 0) is 49.9 Å². The lowest BCUT2D eigenvalue weighted by molar-refractivity contribution is 0.310. The predicted molar refractivity (Wildman–Crippen MR) is 79.9 cm³/mol. The zero-order valence-corrected chi connectivity index (χ0v) is 12.7. The highest BCUT2D eigenvalue weighted by molar-refractivity contribution is 5.42. The van der Waals surface area contributed by atoms with E-state index in [4.69, 9.17) is 9.47 Å². The molecule has 0 aliphatic rings. The number of ether oxygens (including phenoxy) is 2. The Hall–Kier alpha value is -1.22. The van der Waals surface area contributed by atoms with E-state index in [9.17, 15) is 0 Å². The van der Waals surface area contributed by atoms with Gasteiger partial charge < -0.3 is 14.8 Å². The molecule has 19 heavy (non-hydrogen) atoms.